The zero-order valence-electron chi connectivity index (χ0n) is 43.0. The van der Waals surface area contributed by atoms with E-state index in [0.29, 0.717) is 0 Å². The molecule has 0 saturated heterocycles. The standard InChI is InChI=1S/C15H16.C13H12.C12H10.C6H6.8C2H6.3CH4/c1-15(2,13-9-5-3-6-10-13)14-11-7-4-8-12-14;1-3-7-12(8-4-1)11-13-9-5-2-6-10-13;1-3-7-11(8-4-1)12-9-5-2-6-10-12;1-2-4-6-5-3-1;8*1-2;;;/h3-12H,1-2H3;1-10H,11H2;1-10H;1-6H;8*1-2H3;3*1H4. The molecule has 0 aliphatic carbocycles. The Balaban J connectivity index is -0.000000101. The summed E-state index contributed by atoms with van der Waals surface area (Å²) in [6, 6.07) is 75.1. The monoisotopic (exact) mass is 885 g/mol. The number of benzene rings is 7. The Hall–Kier alpha value is -5.46. The van der Waals surface area contributed by atoms with E-state index < -0.39 is 0 Å². The van der Waals surface area contributed by atoms with E-state index in [0.717, 1.165) is 6.42 Å². The van der Waals surface area contributed by atoms with Crippen molar-refractivity contribution in [3.8, 4) is 11.1 Å². The van der Waals surface area contributed by atoms with Gasteiger partial charge in [-0.15, -0.1) is 0 Å². The van der Waals surface area contributed by atoms with Gasteiger partial charge < -0.3 is 0 Å². The van der Waals surface area contributed by atoms with Gasteiger partial charge in [-0.3, -0.25) is 0 Å². The van der Waals surface area contributed by atoms with E-state index in [1.54, 1.807) is 0 Å². The molecule has 0 heteroatoms. The fourth-order valence-electron chi connectivity index (χ4n) is 4.95. The van der Waals surface area contributed by atoms with E-state index >= 15 is 0 Å². The van der Waals surface area contributed by atoms with E-state index in [2.05, 4.69) is 184 Å². The predicted octanol–water partition coefficient (Wildman–Crippen LogP) is 22.4. The van der Waals surface area contributed by atoms with Crippen molar-refractivity contribution in [2.24, 2.45) is 0 Å². The van der Waals surface area contributed by atoms with Crippen molar-refractivity contribution in [3.05, 3.63) is 241 Å². The fourth-order valence-corrected chi connectivity index (χ4v) is 4.95. The van der Waals surface area contributed by atoms with Crippen molar-refractivity contribution in [2.45, 2.75) is 159 Å². The molecule has 0 N–H and O–H groups in total. The Labute approximate surface area is 408 Å². The summed E-state index contributed by atoms with van der Waals surface area (Å²) < 4.78 is 0. The summed E-state index contributed by atoms with van der Waals surface area (Å²) in [7, 11) is 0. The quantitative estimate of drug-likeness (QED) is 0.162. The van der Waals surface area contributed by atoms with E-state index in [9.17, 15) is 0 Å². The van der Waals surface area contributed by atoms with Crippen LogP contribution in [0.2, 0.25) is 0 Å². The van der Waals surface area contributed by atoms with Crippen LogP contribution < -0.4 is 0 Å². The van der Waals surface area contributed by atoms with Gasteiger partial charge in [0.2, 0.25) is 0 Å². The van der Waals surface area contributed by atoms with Gasteiger partial charge in [-0.05, 0) is 39.8 Å². The van der Waals surface area contributed by atoms with Crippen LogP contribution in [-0.4, -0.2) is 0 Å². The van der Waals surface area contributed by atoms with Crippen LogP contribution in [0.5, 0.6) is 0 Å². The third kappa shape index (κ3) is 39.8. The SMILES string of the molecule is C.C.C.CC.CC.CC.CC.CC.CC.CC.CC.CC(C)(c1ccccc1)c1ccccc1.c1ccc(-c2ccccc2)cc1.c1ccc(Cc2ccccc2)cc1.c1ccccc1. The minimum atomic E-state index is 0. The molecule has 7 rings (SSSR count). The van der Waals surface area contributed by atoms with E-state index in [4.69, 9.17) is 0 Å². The summed E-state index contributed by atoms with van der Waals surface area (Å²) in [4.78, 5) is 0. The summed E-state index contributed by atoms with van der Waals surface area (Å²) in [5.41, 5.74) is 8.09. The van der Waals surface area contributed by atoms with Gasteiger partial charge in [0.15, 0.2) is 0 Å². The fraction of sp³-hybridized carbons (Fsp3) is 0.354. The smallest absolute Gasteiger partial charge is 0.0146 e. The molecule has 7 aromatic rings. The Bertz CT molecular complexity index is 1570. The highest BCUT2D eigenvalue weighted by atomic mass is 14.2. The van der Waals surface area contributed by atoms with Gasteiger partial charge in [-0.2, -0.15) is 0 Å². The topological polar surface area (TPSA) is 0 Å². The number of hydrogen-bond donors (Lipinski definition) is 0. The lowest BCUT2D eigenvalue weighted by Crippen LogP contribution is -2.18. The Morgan fingerprint density at radius 3 is 0.585 bits per heavy atom. The maximum atomic E-state index is 2.26. The van der Waals surface area contributed by atoms with E-state index in [1.165, 1.54) is 33.4 Å². The van der Waals surface area contributed by atoms with Gasteiger partial charge in [-0.1, -0.05) is 365 Å². The van der Waals surface area contributed by atoms with Crippen LogP contribution in [0.3, 0.4) is 0 Å². The molecule has 0 heterocycles. The summed E-state index contributed by atoms with van der Waals surface area (Å²) >= 11 is 0. The first-order valence-electron chi connectivity index (χ1n) is 23.9. The van der Waals surface area contributed by atoms with Gasteiger partial charge in [0.1, 0.15) is 0 Å². The molecular weight excluding hydrogens is 781 g/mol. The Morgan fingerprint density at radius 1 is 0.231 bits per heavy atom. The summed E-state index contributed by atoms with van der Waals surface area (Å²) in [5.74, 6) is 0. The van der Waals surface area contributed by atoms with Crippen molar-refractivity contribution in [1.29, 1.82) is 0 Å². The first-order valence-corrected chi connectivity index (χ1v) is 23.9. The van der Waals surface area contributed by atoms with Crippen molar-refractivity contribution in [3.63, 3.8) is 0 Å². The first kappa shape index (κ1) is 76.8. The van der Waals surface area contributed by atoms with Crippen molar-refractivity contribution in [2.75, 3.05) is 0 Å². The zero-order chi connectivity index (χ0) is 48.1. The first-order chi connectivity index (χ1) is 30.6. The van der Waals surface area contributed by atoms with Gasteiger partial charge in [0.05, 0.1) is 0 Å². The molecule has 0 spiro atoms. The summed E-state index contributed by atoms with van der Waals surface area (Å²) in [6.45, 7) is 36.5. The van der Waals surface area contributed by atoms with E-state index in [-0.39, 0.29) is 27.7 Å². The van der Waals surface area contributed by atoms with Gasteiger partial charge in [0, 0.05) is 5.41 Å². The second kappa shape index (κ2) is 62.8. The summed E-state index contributed by atoms with van der Waals surface area (Å²) in [5, 5.41) is 0. The van der Waals surface area contributed by atoms with E-state index in [1.807, 2.05) is 159 Å². The second-order valence-corrected chi connectivity index (χ2v) is 11.4. The molecule has 0 radical (unpaired) electrons. The molecular formula is C65H104. The van der Waals surface area contributed by atoms with Crippen LogP contribution in [0, 0.1) is 0 Å². The molecule has 0 amide bonds. The third-order valence-corrected chi connectivity index (χ3v) is 7.63. The molecule has 7 aromatic carbocycles. The van der Waals surface area contributed by atoms with Gasteiger partial charge in [-0.25, -0.2) is 0 Å². The van der Waals surface area contributed by atoms with Crippen LogP contribution in [0.4, 0.5) is 0 Å². The average Bonchev–Trinajstić information content (AvgIpc) is 3.41. The molecule has 0 saturated carbocycles. The molecule has 0 aliphatic heterocycles. The molecule has 65 heavy (non-hydrogen) atoms. The van der Waals surface area contributed by atoms with Gasteiger partial charge in [0.25, 0.3) is 0 Å². The molecule has 0 unspecified atom stereocenters. The maximum absolute atomic E-state index is 2.26. The van der Waals surface area contributed by atoms with Crippen molar-refractivity contribution < 1.29 is 0 Å². The Kier molecular flexibility index (Phi) is 74.2. The lowest BCUT2D eigenvalue weighted by Gasteiger charge is -2.25. The highest BCUT2D eigenvalue weighted by Crippen LogP contribution is 2.30. The van der Waals surface area contributed by atoms with Crippen molar-refractivity contribution >= 4 is 0 Å². The summed E-state index contributed by atoms with van der Waals surface area (Å²) in [6.07, 6.45) is 1.03. The molecule has 0 atom stereocenters. The normalized spacial score (nSPS) is 7.85. The third-order valence-electron chi connectivity index (χ3n) is 7.63. The molecule has 0 aromatic heterocycles. The van der Waals surface area contributed by atoms with Gasteiger partial charge >= 0.3 is 0 Å². The lowest BCUT2D eigenvalue weighted by molar-refractivity contribution is 0.641. The molecule has 0 fully saturated rings. The largest absolute Gasteiger partial charge is 0.0776 e. The molecule has 0 nitrogen and oxygen atoms in total. The van der Waals surface area contributed by atoms with Crippen LogP contribution in [-0.2, 0) is 11.8 Å². The highest BCUT2D eigenvalue weighted by Gasteiger charge is 2.21. The van der Waals surface area contributed by atoms with Crippen LogP contribution in [0.15, 0.2) is 218 Å². The van der Waals surface area contributed by atoms with Crippen LogP contribution >= 0.6 is 0 Å². The van der Waals surface area contributed by atoms with Crippen LogP contribution in [0.25, 0.3) is 11.1 Å². The average molecular weight is 886 g/mol. The predicted molar refractivity (Wildman–Crippen MR) is 310 cm³/mol. The highest BCUT2D eigenvalue weighted by molar-refractivity contribution is 5.62. The lowest BCUT2D eigenvalue weighted by atomic mass is 9.78. The number of hydrogen-bond acceptors (Lipinski definition) is 0. The minimum absolute atomic E-state index is 0. The second-order valence-electron chi connectivity index (χ2n) is 11.4. The molecule has 0 bridgehead atoms. The molecule has 0 aliphatic rings. The number of rotatable bonds is 5. The zero-order valence-corrected chi connectivity index (χ0v) is 43.0. The Morgan fingerprint density at radius 2 is 0.385 bits per heavy atom. The minimum Gasteiger partial charge on any atom is -0.0776 e. The van der Waals surface area contributed by atoms with Crippen molar-refractivity contribution in [1.82, 2.24) is 0 Å². The molecule has 364 valence electrons. The maximum Gasteiger partial charge on any atom is 0.0146 e. The van der Waals surface area contributed by atoms with Crippen LogP contribution in [0.1, 0.15) is 169 Å².